The van der Waals surface area contributed by atoms with Gasteiger partial charge in [0.2, 0.25) is 0 Å². The summed E-state index contributed by atoms with van der Waals surface area (Å²) >= 11 is 12.3. The van der Waals surface area contributed by atoms with Crippen molar-refractivity contribution in [2.75, 3.05) is 0 Å². The van der Waals surface area contributed by atoms with Gasteiger partial charge in [-0.3, -0.25) is 0 Å². The summed E-state index contributed by atoms with van der Waals surface area (Å²) < 4.78 is 0. The number of aliphatic hydroxyl groups is 1. The van der Waals surface area contributed by atoms with Gasteiger partial charge in [-0.05, 0) is 55.7 Å². The quantitative estimate of drug-likeness (QED) is 0.658. The lowest BCUT2D eigenvalue weighted by atomic mass is 9.70. The zero-order chi connectivity index (χ0) is 19.5. The highest BCUT2D eigenvalue weighted by atomic mass is 35.5. The molecular formula is C22H27Cl2NO. The van der Waals surface area contributed by atoms with Crippen LogP contribution in [0.3, 0.4) is 0 Å². The molecule has 2 unspecified atom stereocenters. The topological polar surface area (TPSA) is 46.2 Å². The minimum absolute atomic E-state index is 0.199. The maximum Gasteiger partial charge on any atom is 0.0940 e. The highest BCUT2D eigenvalue weighted by Crippen LogP contribution is 2.37. The molecule has 2 nitrogen and oxygen atoms in total. The fourth-order valence-corrected chi connectivity index (χ4v) is 3.44. The molecule has 0 aliphatic rings. The predicted octanol–water partition coefficient (Wildman–Crippen LogP) is 5.74. The van der Waals surface area contributed by atoms with Crippen LogP contribution in [-0.4, -0.2) is 16.2 Å². The van der Waals surface area contributed by atoms with Crippen molar-refractivity contribution in [3.8, 4) is 0 Å². The Kier molecular flexibility index (Phi) is 6.57. The highest BCUT2D eigenvalue weighted by molar-refractivity contribution is 6.31. The lowest BCUT2D eigenvalue weighted by molar-refractivity contribution is -0.00220. The van der Waals surface area contributed by atoms with E-state index in [2.05, 4.69) is 0 Å². The van der Waals surface area contributed by atoms with E-state index in [-0.39, 0.29) is 5.92 Å². The molecule has 0 aliphatic carbocycles. The van der Waals surface area contributed by atoms with Gasteiger partial charge in [0.1, 0.15) is 0 Å². The van der Waals surface area contributed by atoms with Crippen molar-refractivity contribution in [2.24, 2.45) is 11.7 Å². The van der Waals surface area contributed by atoms with E-state index in [1.807, 2.05) is 82.3 Å². The van der Waals surface area contributed by atoms with Gasteiger partial charge >= 0.3 is 0 Å². The largest absolute Gasteiger partial charge is 0.385 e. The predicted molar refractivity (Wildman–Crippen MR) is 113 cm³/mol. The second-order valence-corrected chi connectivity index (χ2v) is 8.46. The number of benzene rings is 2. The first-order chi connectivity index (χ1) is 12.0. The molecule has 0 saturated carbocycles. The van der Waals surface area contributed by atoms with Crippen LogP contribution in [0.2, 0.25) is 10.0 Å². The Hall–Kier alpha value is -1.32. The standard InChI is InChI=1S/C22H27Cl2NO/c1-15(13-17-9-11-19(23)12-10-17)22(26,16(2)21(3,4)25)14-18-7-5-6-8-20(18)24/h5-13,16,26H,14,25H2,1-4H3. The number of hydrogen-bond donors (Lipinski definition) is 2. The minimum Gasteiger partial charge on any atom is -0.385 e. The molecule has 0 radical (unpaired) electrons. The van der Waals surface area contributed by atoms with Crippen LogP contribution in [0.25, 0.3) is 6.08 Å². The second-order valence-electron chi connectivity index (χ2n) is 7.61. The van der Waals surface area contributed by atoms with E-state index >= 15 is 0 Å². The minimum atomic E-state index is -1.14. The molecule has 0 aromatic heterocycles. The SMILES string of the molecule is CC(=Cc1ccc(Cl)cc1)C(O)(Cc1ccccc1Cl)C(C)C(C)(C)N. The molecule has 0 bridgehead atoms. The smallest absolute Gasteiger partial charge is 0.0940 e. The molecule has 3 N–H and O–H groups in total. The molecular weight excluding hydrogens is 365 g/mol. The number of nitrogens with two attached hydrogens (primary N) is 1. The zero-order valence-corrected chi connectivity index (χ0v) is 17.3. The summed E-state index contributed by atoms with van der Waals surface area (Å²) in [6.45, 7) is 7.79. The van der Waals surface area contributed by atoms with Crippen molar-refractivity contribution in [1.29, 1.82) is 0 Å². The molecule has 0 amide bonds. The van der Waals surface area contributed by atoms with E-state index in [1.165, 1.54) is 0 Å². The molecule has 2 atom stereocenters. The van der Waals surface area contributed by atoms with Crippen molar-refractivity contribution < 1.29 is 5.11 Å². The van der Waals surface area contributed by atoms with Gasteiger partial charge in [-0.25, -0.2) is 0 Å². The van der Waals surface area contributed by atoms with Gasteiger partial charge < -0.3 is 10.8 Å². The van der Waals surface area contributed by atoms with E-state index in [0.717, 1.165) is 16.7 Å². The molecule has 4 heteroatoms. The molecule has 0 heterocycles. The molecule has 26 heavy (non-hydrogen) atoms. The van der Waals surface area contributed by atoms with Crippen LogP contribution in [0.1, 0.15) is 38.8 Å². The average molecular weight is 392 g/mol. The number of halogens is 2. The Morgan fingerprint density at radius 1 is 1.12 bits per heavy atom. The van der Waals surface area contributed by atoms with Crippen LogP contribution in [0, 0.1) is 5.92 Å². The maximum absolute atomic E-state index is 11.7. The molecule has 0 fully saturated rings. The maximum atomic E-state index is 11.7. The molecule has 2 rings (SSSR count). The van der Waals surface area contributed by atoms with Gasteiger partial charge in [0, 0.05) is 27.9 Å². The van der Waals surface area contributed by atoms with Crippen molar-refractivity contribution in [1.82, 2.24) is 0 Å². The van der Waals surface area contributed by atoms with E-state index in [1.54, 1.807) is 0 Å². The monoisotopic (exact) mass is 391 g/mol. The second kappa shape index (κ2) is 8.14. The zero-order valence-electron chi connectivity index (χ0n) is 15.8. The molecule has 2 aromatic rings. The summed E-state index contributed by atoms with van der Waals surface area (Å²) in [7, 11) is 0. The summed E-state index contributed by atoms with van der Waals surface area (Å²) in [5.74, 6) is -0.199. The average Bonchev–Trinajstić information content (AvgIpc) is 2.57. The van der Waals surface area contributed by atoms with Crippen molar-refractivity contribution >= 4 is 29.3 Å². The van der Waals surface area contributed by atoms with Crippen molar-refractivity contribution in [2.45, 2.75) is 45.3 Å². The summed E-state index contributed by atoms with van der Waals surface area (Å²) in [5, 5.41) is 13.1. The highest BCUT2D eigenvalue weighted by Gasteiger charge is 2.42. The Balaban J connectivity index is 2.49. The van der Waals surface area contributed by atoms with E-state index in [0.29, 0.717) is 16.5 Å². The summed E-state index contributed by atoms with van der Waals surface area (Å²) in [6.07, 6.45) is 2.37. The van der Waals surface area contributed by atoms with E-state index < -0.39 is 11.1 Å². The molecule has 0 saturated heterocycles. The lowest BCUT2D eigenvalue weighted by Gasteiger charge is -2.42. The lowest BCUT2D eigenvalue weighted by Crippen LogP contribution is -2.54. The van der Waals surface area contributed by atoms with Crippen LogP contribution in [0.15, 0.2) is 54.1 Å². The third-order valence-corrected chi connectivity index (χ3v) is 5.81. The Labute approximate surface area is 166 Å². The Bertz CT molecular complexity index is 777. The third kappa shape index (κ3) is 4.89. The first kappa shape index (κ1) is 21.0. The summed E-state index contributed by atoms with van der Waals surface area (Å²) in [4.78, 5) is 0. The number of rotatable bonds is 6. The number of hydrogen-bond acceptors (Lipinski definition) is 2. The summed E-state index contributed by atoms with van der Waals surface area (Å²) in [6, 6.07) is 15.1. The first-order valence-corrected chi connectivity index (χ1v) is 9.48. The van der Waals surface area contributed by atoms with Crippen LogP contribution in [-0.2, 0) is 6.42 Å². The fraction of sp³-hybridized carbons (Fsp3) is 0.364. The van der Waals surface area contributed by atoms with Crippen LogP contribution < -0.4 is 5.73 Å². The van der Waals surface area contributed by atoms with E-state index in [4.69, 9.17) is 28.9 Å². The van der Waals surface area contributed by atoms with Gasteiger partial charge in [0.05, 0.1) is 5.60 Å². The van der Waals surface area contributed by atoms with Crippen LogP contribution in [0.4, 0.5) is 0 Å². The fourth-order valence-electron chi connectivity index (χ4n) is 3.12. The molecule has 0 spiro atoms. The van der Waals surface area contributed by atoms with Crippen molar-refractivity contribution in [3.63, 3.8) is 0 Å². The third-order valence-electron chi connectivity index (χ3n) is 5.19. The van der Waals surface area contributed by atoms with Gasteiger partial charge in [0.25, 0.3) is 0 Å². The molecule has 0 aliphatic heterocycles. The normalized spacial score (nSPS) is 16.2. The molecule has 2 aromatic carbocycles. The molecule has 140 valence electrons. The van der Waals surface area contributed by atoms with Gasteiger partial charge in [-0.15, -0.1) is 0 Å². The van der Waals surface area contributed by atoms with Crippen LogP contribution >= 0.6 is 23.2 Å². The Morgan fingerprint density at radius 3 is 2.23 bits per heavy atom. The van der Waals surface area contributed by atoms with Gasteiger partial charge in [-0.2, -0.15) is 0 Å². The van der Waals surface area contributed by atoms with Crippen LogP contribution in [0.5, 0.6) is 0 Å². The van der Waals surface area contributed by atoms with Crippen molar-refractivity contribution in [3.05, 3.63) is 75.3 Å². The van der Waals surface area contributed by atoms with Gasteiger partial charge in [-0.1, -0.05) is 66.5 Å². The van der Waals surface area contributed by atoms with Gasteiger partial charge in [0.15, 0.2) is 0 Å². The Morgan fingerprint density at radius 2 is 1.69 bits per heavy atom. The first-order valence-electron chi connectivity index (χ1n) is 8.73. The summed E-state index contributed by atoms with van der Waals surface area (Å²) in [5.41, 5.74) is 7.39. The van der Waals surface area contributed by atoms with E-state index in [9.17, 15) is 5.11 Å².